The molecule has 0 aromatic heterocycles. The number of carboxylic acids is 1. The Labute approximate surface area is 380 Å². The van der Waals surface area contributed by atoms with E-state index in [4.69, 9.17) is 22.9 Å². The van der Waals surface area contributed by atoms with E-state index in [0.29, 0.717) is 70.9 Å². The Morgan fingerprint density at radius 1 is 0.531 bits per heavy atom. The summed E-state index contributed by atoms with van der Waals surface area (Å²) in [4.78, 5) is 93.2. The molecule has 0 spiro atoms. The second-order valence-electron chi connectivity index (χ2n) is 18.1. The summed E-state index contributed by atoms with van der Waals surface area (Å²) < 4.78 is 0. The molecule has 0 aliphatic rings. The number of carbonyl (C=O) groups is 7. The fourth-order valence-corrected chi connectivity index (χ4v) is 7.74. The fraction of sp³-hybridized carbons (Fsp3) is 0.612. The van der Waals surface area contributed by atoms with Gasteiger partial charge in [-0.15, -0.1) is 0 Å². The van der Waals surface area contributed by atoms with Gasteiger partial charge in [-0.25, -0.2) is 4.79 Å². The molecule has 64 heavy (non-hydrogen) atoms. The first-order valence-electron chi connectivity index (χ1n) is 23.1. The third-order valence-corrected chi connectivity index (χ3v) is 11.4. The number of benzene rings is 2. The summed E-state index contributed by atoms with van der Waals surface area (Å²) in [6.07, 6.45) is 3.50. The minimum Gasteiger partial charge on any atom is -0.480 e. The number of nitrogens with two attached hydrogens (primary N) is 4. The Morgan fingerprint density at radius 2 is 1.00 bits per heavy atom. The molecule has 0 radical (unpaired) electrons. The number of rotatable bonds is 34. The van der Waals surface area contributed by atoms with Gasteiger partial charge in [0, 0.05) is 43.6 Å². The number of nitrogens with one attached hydrogen (secondary N) is 3. The van der Waals surface area contributed by atoms with Gasteiger partial charge in [-0.3, -0.25) is 28.8 Å². The van der Waals surface area contributed by atoms with Crippen LogP contribution in [0.2, 0.25) is 0 Å². The lowest BCUT2D eigenvalue weighted by atomic mass is 9.88. The standard InChI is InChI=1S/C49H77N7O8/c1-32(2)25-39(52)43(57)29-37(20-14-23-51)47(61)55-41(49(63)64)21-11-12-24-54-46(60)36(19-13-22-50)30-45(59)42(26-33(3)4)56-48(62)38(27-34-15-7-5-8-16-34)31-44(58)40(53)28-35-17-9-6-10-18-35/h5-10,15-18,32-33,36-42H,11-14,19-31,50-53H2,1-4H3,(H,54,60)(H,55,61)(H,56,62)(H,63,64)/t36-,37-,38-,39+,40+,41+,42+/m0/s1. The van der Waals surface area contributed by atoms with Crippen LogP contribution in [0, 0.1) is 29.6 Å². The summed E-state index contributed by atoms with van der Waals surface area (Å²) >= 11 is 0. The molecule has 2 rings (SSSR count). The zero-order valence-corrected chi connectivity index (χ0v) is 38.6. The van der Waals surface area contributed by atoms with Crippen LogP contribution in [0.3, 0.4) is 0 Å². The van der Waals surface area contributed by atoms with Crippen LogP contribution < -0.4 is 38.9 Å². The van der Waals surface area contributed by atoms with Gasteiger partial charge in [-0.2, -0.15) is 0 Å². The number of hydrogen-bond acceptors (Lipinski definition) is 11. The van der Waals surface area contributed by atoms with Crippen LogP contribution in [-0.4, -0.2) is 89.9 Å². The third kappa shape index (κ3) is 21.7. The highest BCUT2D eigenvalue weighted by atomic mass is 16.4. The minimum atomic E-state index is -1.22. The highest BCUT2D eigenvalue weighted by molar-refractivity contribution is 5.95. The predicted molar refractivity (Wildman–Crippen MR) is 249 cm³/mol. The molecule has 0 unspecified atom stereocenters. The highest BCUT2D eigenvalue weighted by Gasteiger charge is 2.32. The van der Waals surface area contributed by atoms with E-state index in [1.165, 1.54) is 0 Å². The Bertz CT molecular complexity index is 1740. The van der Waals surface area contributed by atoms with E-state index < -0.39 is 59.7 Å². The van der Waals surface area contributed by atoms with Crippen molar-refractivity contribution < 1.29 is 38.7 Å². The van der Waals surface area contributed by atoms with E-state index >= 15 is 0 Å². The van der Waals surface area contributed by atoms with Gasteiger partial charge in [0.1, 0.15) is 11.8 Å². The first-order valence-corrected chi connectivity index (χ1v) is 23.1. The van der Waals surface area contributed by atoms with Gasteiger partial charge in [0.2, 0.25) is 17.7 Å². The minimum absolute atomic E-state index is 0.0193. The Morgan fingerprint density at radius 3 is 1.53 bits per heavy atom. The van der Waals surface area contributed by atoms with Gasteiger partial charge in [0.05, 0.1) is 18.1 Å². The van der Waals surface area contributed by atoms with Gasteiger partial charge >= 0.3 is 5.97 Å². The molecular formula is C49H77N7O8. The molecule has 0 bridgehead atoms. The Kier molecular flexibility index (Phi) is 26.2. The lowest BCUT2D eigenvalue weighted by Crippen LogP contribution is -2.47. The second kappa shape index (κ2) is 30.3. The third-order valence-electron chi connectivity index (χ3n) is 11.4. The maximum absolute atomic E-state index is 14.0. The van der Waals surface area contributed by atoms with Crippen molar-refractivity contribution in [1.29, 1.82) is 0 Å². The second-order valence-corrected chi connectivity index (χ2v) is 18.1. The maximum Gasteiger partial charge on any atom is 0.326 e. The number of carbonyl (C=O) groups excluding carboxylic acids is 6. The lowest BCUT2D eigenvalue weighted by molar-refractivity contribution is -0.143. The number of Topliss-reactive ketones (excluding diaryl/α,β-unsaturated/α-hetero) is 3. The molecule has 15 heteroatoms. The SMILES string of the molecule is CC(C)C[C@@H](N)C(=O)C[C@H](CCCN)C(=O)N[C@H](CCCCNC(=O)[C@@H](CCCN)CC(=O)[C@@H](CC(C)C)NC(=O)[C@H](CC(=O)[C@H](N)Cc1ccccc1)Cc1ccccc1)C(=O)O. The molecule has 0 saturated heterocycles. The number of ketones is 3. The van der Waals surface area contributed by atoms with Crippen LogP contribution in [0.1, 0.15) is 116 Å². The average molecular weight is 892 g/mol. The predicted octanol–water partition coefficient (Wildman–Crippen LogP) is 3.76. The fourth-order valence-electron chi connectivity index (χ4n) is 7.74. The molecule has 0 heterocycles. The molecule has 0 aliphatic carbocycles. The van der Waals surface area contributed by atoms with E-state index in [2.05, 4.69) is 16.0 Å². The van der Waals surface area contributed by atoms with Gasteiger partial charge in [0.15, 0.2) is 11.6 Å². The van der Waals surface area contributed by atoms with Crippen molar-refractivity contribution in [3.05, 3.63) is 71.8 Å². The zero-order valence-electron chi connectivity index (χ0n) is 38.6. The summed E-state index contributed by atoms with van der Waals surface area (Å²) in [6.45, 7) is 8.58. The maximum atomic E-state index is 14.0. The number of hydrogen-bond donors (Lipinski definition) is 8. The number of amides is 3. The van der Waals surface area contributed by atoms with Crippen LogP contribution in [0.5, 0.6) is 0 Å². The van der Waals surface area contributed by atoms with Crippen molar-refractivity contribution >= 4 is 41.0 Å². The molecular weight excluding hydrogens is 815 g/mol. The van der Waals surface area contributed by atoms with E-state index in [1.807, 2.05) is 88.4 Å². The summed E-state index contributed by atoms with van der Waals surface area (Å²) in [7, 11) is 0. The number of unbranched alkanes of at least 4 members (excludes halogenated alkanes) is 1. The van der Waals surface area contributed by atoms with E-state index in [9.17, 15) is 38.7 Å². The van der Waals surface area contributed by atoms with Crippen LogP contribution >= 0.6 is 0 Å². The van der Waals surface area contributed by atoms with Crippen LogP contribution in [0.4, 0.5) is 0 Å². The number of aliphatic carboxylic acids is 1. The van der Waals surface area contributed by atoms with Crippen LogP contribution in [0.15, 0.2) is 60.7 Å². The molecule has 2 aromatic carbocycles. The Hall–Kier alpha value is -4.83. The van der Waals surface area contributed by atoms with Crippen molar-refractivity contribution in [2.45, 2.75) is 142 Å². The molecule has 15 nitrogen and oxygen atoms in total. The zero-order chi connectivity index (χ0) is 47.6. The van der Waals surface area contributed by atoms with Gasteiger partial charge in [-0.1, -0.05) is 88.4 Å². The molecule has 2 aromatic rings. The topological polar surface area (TPSA) is 280 Å². The summed E-state index contributed by atoms with van der Waals surface area (Å²) in [5.41, 5.74) is 25.6. The summed E-state index contributed by atoms with van der Waals surface area (Å²) in [5, 5.41) is 18.3. The summed E-state index contributed by atoms with van der Waals surface area (Å²) in [5.74, 6) is -5.43. The normalized spacial score (nSPS) is 14.7. The molecule has 356 valence electrons. The molecule has 0 saturated carbocycles. The first-order chi connectivity index (χ1) is 30.4. The van der Waals surface area contributed by atoms with Gasteiger partial charge in [0.25, 0.3) is 0 Å². The van der Waals surface area contributed by atoms with Crippen molar-refractivity contribution in [2.75, 3.05) is 19.6 Å². The molecule has 0 fully saturated rings. The van der Waals surface area contributed by atoms with Crippen molar-refractivity contribution in [2.24, 2.45) is 52.5 Å². The van der Waals surface area contributed by atoms with Crippen LogP contribution in [-0.2, 0) is 46.4 Å². The van der Waals surface area contributed by atoms with E-state index in [1.54, 1.807) is 0 Å². The number of carboxylic acid groups (broad SMARTS) is 1. The quantitative estimate of drug-likeness (QED) is 0.0467. The molecule has 0 aliphatic heterocycles. The smallest absolute Gasteiger partial charge is 0.326 e. The average Bonchev–Trinajstić information content (AvgIpc) is 3.25. The van der Waals surface area contributed by atoms with E-state index in [0.717, 1.165) is 11.1 Å². The Balaban J connectivity index is 2.08. The first kappa shape index (κ1) is 55.3. The largest absolute Gasteiger partial charge is 0.480 e. The van der Waals surface area contributed by atoms with Gasteiger partial charge < -0.3 is 44.0 Å². The van der Waals surface area contributed by atoms with Gasteiger partial charge in [-0.05, 0) is 107 Å². The summed E-state index contributed by atoms with van der Waals surface area (Å²) in [6, 6.07) is 15.1. The van der Waals surface area contributed by atoms with E-state index in [-0.39, 0.29) is 73.7 Å². The van der Waals surface area contributed by atoms with Crippen molar-refractivity contribution in [3.8, 4) is 0 Å². The highest BCUT2D eigenvalue weighted by Crippen LogP contribution is 2.21. The van der Waals surface area contributed by atoms with Crippen LogP contribution in [0.25, 0.3) is 0 Å². The van der Waals surface area contributed by atoms with Crippen molar-refractivity contribution in [1.82, 2.24) is 16.0 Å². The molecule has 3 amide bonds. The molecule has 7 atom stereocenters. The van der Waals surface area contributed by atoms with Crippen molar-refractivity contribution in [3.63, 3.8) is 0 Å². The lowest BCUT2D eigenvalue weighted by Gasteiger charge is -2.25. The monoisotopic (exact) mass is 892 g/mol. The molecule has 12 N–H and O–H groups in total.